The molecule has 75 valence electrons. The van der Waals surface area contributed by atoms with Crippen molar-refractivity contribution in [3.63, 3.8) is 0 Å². The topological polar surface area (TPSA) is 3.24 Å². The van der Waals surface area contributed by atoms with Gasteiger partial charge in [0.1, 0.15) is 0 Å². The lowest BCUT2D eigenvalue weighted by atomic mass is 9.91. The first-order valence-corrected chi connectivity index (χ1v) is 5.25. The highest BCUT2D eigenvalue weighted by molar-refractivity contribution is 5.19. The molecule has 1 radical (unpaired) electrons. The van der Waals surface area contributed by atoms with Crippen LogP contribution in [0.1, 0.15) is 40.5 Å². The van der Waals surface area contributed by atoms with Crippen LogP contribution < -0.4 is 0 Å². The molecule has 0 saturated heterocycles. The van der Waals surface area contributed by atoms with Crippen LogP contribution in [0.2, 0.25) is 0 Å². The van der Waals surface area contributed by atoms with Crippen molar-refractivity contribution >= 4 is 0 Å². The zero-order chi connectivity index (χ0) is 10.3. The Bertz CT molecular complexity index is 177. The van der Waals surface area contributed by atoms with Gasteiger partial charge in [0.15, 0.2) is 0 Å². The first-order valence-electron chi connectivity index (χ1n) is 5.25. The van der Waals surface area contributed by atoms with E-state index in [9.17, 15) is 0 Å². The third-order valence-corrected chi connectivity index (χ3v) is 2.86. The van der Waals surface area contributed by atoms with Crippen LogP contribution >= 0.6 is 0 Å². The minimum absolute atomic E-state index is 0.0608. The number of rotatable bonds is 5. The van der Waals surface area contributed by atoms with Crippen molar-refractivity contribution < 1.29 is 0 Å². The van der Waals surface area contributed by atoms with E-state index >= 15 is 0 Å². The van der Waals surface area contributed by atoms with Crippen molar-refractivity contribution in [1.29, 1.82) is 0 Å². The highest BCUT2D eigenvalue weighted by Crippen LogP contribution is 2.22. The van der Waals surface area contributed by atoms with Crippen molar-refractivity contribution in [2.45, 2.75) is 46.1 Å². The Kier molecular flexibility index (Phi) is 5.82. The summed E-state index contributed by atoms with van der Waals surface area (Å²) in [5.41, 5.74) is 0.0608. The Balaban J connectivity index is 4.78. The molecule has 0 aliphatic carbocycles. The van der Waals surface area contributed by atoms with E-state index < -0.39 is 0 Å². The van der Waals surface area contributed by atoms with Crippen LogP contribution in [0.5, 0.6) is 0 Å². The molecule has 0 atom stereocenters. The van der Waals surface area contributed by atoms with E-state index in [0.717, 1.165) is 25.9 Å². The van der Waals surface area contributed by atoms with Gasteiger partial charge in [0.2, 0.25) is 0 Å². The van der Waals surface area contributed by atoms with Crippen LogP contribution in [0.4, 0.5) is 0 Å². The van der Waals surface area contributed by atoms with Gasteiger partial charge in [-0.25, -0.2) is 0 Å². The van der Waals surface area contributed by atoms with Crippen LogP contribution in [-0.4, -0.2) is 23.5 Å². The molecule has 0 aromatic carbocycles. The predicted octanol–water partition coefficient (Wildman–Crippen LogP) is 2.72. The van der Waals surface area contributed by atoms with Gasteiger partial charge in [-0.2, -0.15) is 0 Å². The smallest absolute Gasteiger partial charge is 0.0820 e. The number of hydrogen-bond acceptors (Lipinski definition) is 1. The predicted molar refractivity (Wildman–Crippen MR) is 59.4 cm³/mol. The maximum Gasteiger partial charge on any atom is 0.0820 e. The summed E-state index contributed by atoms with van der Waals surface area (Å²) in [6.07, 6.45) is 2.15. The summed E-state index contributed by atoms with van der Waals surface area (Å²) in [5.74, 6) is 6.08. The molecule has 0 spiro atoms. The van der Waals surface area contributed by atoms with Gasteiger partial charge in [0, 0.05) is 6.92 Å². The van der Waals surface area contributed by atoms with E-state index in [2.05, 4.69) is 51.4 Å². The van der Waals surface area contributed by atoms with Crippen molar-refractivity contribution in [2.75, 3.05) is 13.1 Å². The summed E-state index contributed by atoms with van der Waals surface area (Å²) < 4.78 is 0. The molecule has 0 aliphatic heterocycles. The monoisotopic (exact) mass is 180 g/mol. The Hall–Kier alpha value is -0.480. The standard InChI is InChI=1S/C12H22N/c1-6-11-12(7-2,8-3)13(9-4)10-5/h1,7-10H2,2-5H3. The average molecular weight is 180 g/mol. The fraction of sp³-hybridized carbons (Fsp3) is 0.750. The van der Waals surface area contributed by atoms with Gasteiger partial charge < -0.3 is 0 Å². The second-order valence-corrected chi connectivity index (χ2v) is 3.21. The molecule has 0 fully saturated rings. The summed E-state index contributed by atoms with van der Waals surface area (Å²) in [7, 11) is 0. The van der Waals surface area contributed by atoms with Crippen LogP contribution in [0, 0.1) is 18.8 Å². The number of hydrogen-bond donors (Lipinski definition) is 0. The van der Waals surface area contributed by atoms with Crippen molar-refractivity contribution in [3.05, 3.63) is 6.92 Å². The quantitative estimate of drug-likeness (QED) is 0.588. The van der Waals surface area contributed by atoms with Gasteiger partial charge in [-0.05, 0) is 25.9 Å². The SMILES string of the molecule is [CH2]C#CC(CC)(CC)N(CC)CC. The second-order valence-electron chi connectivity index (χ2n) is 3.21. The Morgan fingerprint density at radius 3 is 1.77 bits per heavy atom. The minimum Gasteiger partial charge on any atom is -0.288 e. The van der Waals surface area contributed by atoms with Crippen molar-refractivity contribution in [3.8, 4) is 11.8 Å². The summed E-state index contributed by atoms with van der Waals surface area (Å²) in [6, 6.07) is 0. The molecule has 1 heteroatoms. The minimum atomic E-state index is 0.0608. The van der Waals surface area contributed by atoms with Gasteiger partial charge in [0.05, 0.1) is 5.54 Å². The van der Waals surface area contributed by atoms with E-state index in [1.165, 1.54) is 0 Å². The van der Waals surface area contributed by atoms with Crippen LogP contribution in [-0.2, 0) is 0 Å². The molecule has 0 aliphatic rings. The molecular formula is C12H22N. The van der Waals surface area contributed by atoms with Crippen molar-refractivity contribution in [1.82, 2.24) is 4.90 Å². The molecular weight excluding hydrogens is 158 g/mol. The molecule has 0 heterocycles. The van der Waals surface area contributed by atoms with Crippen molar-refractivity contribution in [2.24, 2.45) is 0 Å². The largest absolute Gasteiger partial charge is 0.288 e. The first-order chi connectivity index (χ1) is 6.20. The van der Waals surface area contributed by atoms with Crippen LogP contribution in [0.3, 0.4) is 0 Å². The van der Waals surface area contributed by atoms with Gasteiger partial charge in [0.25, 0.3) is 0 Å². The normalized spacial score (nSPS) is 11.2. The molecule has 0 aromatic heterocycles. The molecule has 0 amide bonds. The average Bonchev–Trinajstić information content (AvgIpc) is 2.18. The summed E-state index contributed by atoms with van der Waals surface area (Å²) in [5, 5.41) is 0. The van der Waals surface area contributed by atoms with E-state index in [1.807, 2.05) is 0 Å². The van der Waals surface area contributed by atoms with Gasteiger partial charge in [-0.1, -0.05) is 33.6 Å². The lowest BCUT2D eigenvalue weighted by Crippen LogP contribution is -2.46. The zero-order valence-electron chi connectivity index (χ0n) is 9.48. The maximum atomic E-state index is 3.63. The molecule has 0 unspecified atom stereocenters. The maximum absolute atomic E-state index is 3.63. The van der Waals surface area contributed by atoms with E-state index in [1.54, 1.807) is 0 Å². The fourth-order valence-corrected chi connectivity index (χ4v) is 1.95. The highest BCUT2D eigenvalue weighted by Gasteiger charge is 2.28. The van der Waals surface area contributed by atoms with E-state index in [0.29, 0.717) is 0 Å². The summed E-state index contributed by atoms with van der Waals surface area (Å²) in [6.45, 7) is 14.5. The lowest BCUT2D eigenvalue weighted by Gasteiger charge is -2.38. The third kappa shape index (κ3) is 2.74. The first kappa shape index (κ1) is 12.5. The molecule has 0 rings (SSSR count). The van der Waals surface area contributed by atoms with E-state index in [4.69, 9.17) is 0 Å². The molecule has 0 bridgehead atoms. The van der Waals surface area contributed by atoms with Gasteiger partial charge in [-0.3, -0.25) is 4.90 Å². The fourth-order valence-electron chi connectivity index (χ4n) is 1.95. The molecule has 0 aromatic rings. The van der Waals surface area contributed by atoms with Crippen LogP contribution in [0.25, 0.3) is 0 Å². The van der Waals surface area contributed by atoms with E-state index in [-0.39, 0.29) is 5.54 Å². The molecule has 13 heavy (non-hydrogen) atoms. The molecule has 0 saturated carbocycles. The summed E-state index contributed by atoms with van der Waals surface area (Å²) >= 11 is 0. The Morgan fingerprint density at radius 1 is 1.08 bits per heavy atom. The molecule has 1 nitrogen and oxygen atoms in total. The molecule has 0 N–H and O–H groups in total. The third-order valence-electron chi connectivity index (χ3n) is 2.86. The Labute approximate surface area is 83.5 Å². The van der Waals surface area contributed by atoms with Gasteiger partial charge in [-0.15, -0.1) is 5.92 Å². The highest BCUT2D eigenvalue weighted by atomic mass is 15.2. The second kappa shape index (κ2) is 6.05. The lowest BCUT2D eigenvalue weighted by molar-refractivity contribution is 0.144. The van der Waals surface area contributed by atoms with Gasteiger partial charge >= 0.3 is 0 Å². The van der Waals surface area contributed by atoms with Crippen LogP contribution in [0.15, 0.2) is 0 Å². The summed E-state index contributed by atoms with van der Waals surface area (Å²) in [4.78, 5) is 2.42. The zero-order valence-corrected chi connectivity index (χ0v) is 9.48. The number of nitrogens with zero attached hydrogens (tertiary/aromatic N) is 1. The Morgan fingerprint density at radius 2 is 1.54 bits per heavy atom.